The Bertz CT molecular complexity index is 1150. The quantitative estimate of drug-likeness (QED) is 0.209. The molecule has 1 aliphatic heterocycles. The van der Waals surface area contributed by atoms with Gasteiger partial charge in [-0.2, -0.15) is 5.10 Å². The molecule has 0 N–H and O–H groups in total. The van der Waals surface area contributed by atoms with Gasteiger partial charge in [-0.15, -0.1) is 0 Å². The maximum Gasteiger partial charge on any atom is 0.245 e. The zero-order valence-electron chi connectivity index (χ0n) is 26.0. The Morgan fingerprint density at radius 1 is 1.05 bits per heavy atom. The molecule has 4 rings (SSSR count). The van der Waals surface area contributed by atoms with Crippen molar-refractivity contribution in [2.75, 3.05) is 31.1 Å². The number of amides is 1. The van der Waals surface area contributed by atoms with Crippen molar-refractivity contribution in [1.29, 1.82) is 0 Å². The third kappa shape index (κ3) is 8.39. The molecule has 1 amide bonds. The standard InChI is InChI=1S/C23H28F2N4O2.C10H22/c1-14-5-4-6-18(15(14)2)27-9-11-28(12-10-27)20(31)13-29-19-8-7-17(23(24)25)21(19)22(26-29)16(3)30;1-4-6-7-8-9-10(3)5-2/h4-6,17,23H,7-13H2,1-3H3;10H,4-9H2,1-3H3. The van der Waals surface area contributed by atoms with Crippen molar-refractivity contribution >= 4 is 17.4 Å². The van der Waals surface area contributed by atoms with Crippen LogP contribution in [0, 0.1) is 19.8 Å². The summed E-state index contributed by atoms with van der Waals surface area (Å²) in [4.78, 5) is 29.0. The second-order valence-electron chi connectivity index (χ2n) is 11.9. The normalized spacial score (nSPS) is 17.3. The number of piperazine rings is 1. The van der Waals surface area contributed by atoms with E-state index < -0.39 is 12.3 Å². The fourth-order valence-corrected chi connectivity index (χ4v) is 5.87. The molecule has 0 saturated carbocycles. The molecule has 1 aliphatic carbocycles. The number of carbonyl (C=O) groups is 2. The van der Waals surface area contributed by atoms with Crippen LogP contribution < -0.4 is 4.90 Å². The number of fused-ring (bicyclic) bond motifs is 1. The molecule has 228 valence electrons. The second kappa shape index (κ2) is 15.5. The molecule has 2 unspecified atom stereocenters. The molecular formula is C33H50F2N4O2. The summed E-state index contributed by atoms with van der Waals surface area (Å²) in [7, 11) is 0. The van der Waals surface area contributed by atoms with Crippen LogP contribution in [0.3, 0.4) is 0 Å². The Hall–Kier alpha value is -2.77. The van der Waals surface area contributed by atoms with Gasteiger partial charge in [-0.3, -0.25) is 14.3 Å². The summed E-state index contributed by atoms with van der Waals surface area (Å²) in [5.41, 5.74) is 4.73. The van der Waals surface area contributed by atoms with Crippen LogP contribution in [-0.4, -0.2) is 59.0 Å². The highest BCUT2D eigenvalue weighted by molar-refractivity contribution is 5.94. The van der Waals surface area contributed by atoms with E-state index >= 15 is 0 Å². The molecule has 1 aromatic heterocycles. The van der Waals surface area contributed by atoms with E-state index in [9.17, 15) is 18.4 Å². The number of Topliss-reactive ketones (excluding diaryl/α,β-unsaturated/α-hetero) is 1. The molecule has 2 aliphatic rings. The minimum Gasteiger partial charge on any atom is -0.368 e. The molecule has 1 aromatic carbocycles. The van der Waals surface area contributed by atoms with Crippen LogP contribution >= 0.6 is 0 Å². The second-order valence-corrected chi connectivity index (χ2v) is 11.9. The fraction of sp³-hybridized carbons (Fsp3) is 0.667. The number of hydrogen-bond donors (Lipinski definition) is 0. The zero-order valence-corrected chi connectivity index (χ0v) is 26.0. The van der Waals surface area contributed by atoms with Gasteiger partial charge in [0.1, 0.15) is 12.2 Å². The Labute approximate surface area is 245 Å². The smallest absolute Gasteiger partial charge is 0.245 e. The Morgan fingerprint density at radius 2 is 1.76 bits per heavy atom. The highest BCUT2D eigenvalue weighted by Gasteiger charge is 2.38. The number of hydrogen-bond acceptors (Lipinski definition) is 4. The Balaban J connectivity index is 0.000000397. The number of nitrogens with zero attached hydrogens (tertiary/aromatic N) is 4. The summed E-state index contributed by atoms with van der Waals surface area (Å²) < 4.78 is 28.3. The van der Waals surface area contributed by atoms with E-state index in [1.807, 2.05) is 6.07 Å². The summed E-state index contributed by atoms with van der Waals surface area (Å²) in [5, 5.41) is 4.26. The van der Waals surface area contributed by atoms with E-state index in [1.165, 1.54) is 66.9 Å². The minimum absolute atomic E-state index is 0.0188. The summed E-state index contributed by atoms with van der Waals surface area (Å²) in [5.74, 6) is -0.450. The first kappa shape index (κ1) is 32.7. The van der Waals surface area contributed by atoms with Crippen molar-refractivity contribution < 1.29 is 18.4 Å². The lowest BCUT2D eigenvalue weighted by atomic mass is 10.0. The SMILES string of the molecule is CC(=O)c1nn(CC(=O)N2CCN(c3cccc(C)c3C)CC2)c2c1C(C(F)F)CC2.CCCCCCC(C)CC. The first-order valence-electron chi connectivity index (χ1n) is 15.6. The number of aryl methyl sites for hydroxylation is 1. The van der Waals surface area contributed by atoms with Crippen molar-refractivity contribution in [1.82, 2.24) is 14.7 Å². The van der Waals surface area contributed by atoms with Gasteiger partial charge in [0.25, 0.3) is 0 Å². The molecule has 8 heteroatoms. The van der Waals surface area contributed by atoms with Gasteiger partial charge in [-0.05, 0) is 49.8 Å². The average Bonchev–Trinajstić information content (AvgIpc) is 3.54. The van der Waals surface area contributed by atoms with Crippen LogP contribution in [0.2, 0.25) is 0 Å². The maximum atomic E-state index is 13.4. The molecule has 2 heterocycles. The molecule has 0 radical (unpaired) electrons. The molecule has 2 atom stereocenters. The summed E-state index contributed by atoms with van der Waals surface area (Å²) in [6.07, 6.45) is 6.64. The third-order valence-corrected chi connectivity index (χ3v) is 8.88. The lowest BCUT2D eigenvalue weighted by Crippen LogP contribution is -2.50. The molecule has 0 spiro atoms. The van der Waals surface area contributed by atoms with Gasteiger partial charge >= 0.3 is 0 Å². The lowest BCUT2D eigenvalue weighted by Gasteiger charge is -2.37. The number of anilines is 1. The fourth-order valence-electron chi connectivity index (χ4n) is 5.87. The van der Waals surface area contributed by atoms with Crippen LogP contribution in [-0.2, 0) is 17.8 Å². The van der Waals surface area contributed by atoms with E-state index in [4.69, 9.17) is 0 Å². The number of rotatable bonds is 11. The van der Waals surface area contributed by atoms with Crippen molar-refractivity contribution in [2.45, 2.75) is 112 Å². The largest absolute Gasteiger partial charge is 0.368 e. The first-order chi connectivity index (χ1) is 19.6. The molecule has 2 aromatic rings. The summed E-state index contributed by atoms with van der Waals surface area (Å²) in [6.45, 7) is 15.1. The van der Waals surface area contributed by atoms with E-state index in [0.29, 0.717) is 30.8 Å². The number of benzene rings is 1. The monoisotopic (exact) mass is 572 g/mol. The minimum atomic E-state index is -2.54. The van der Waals surface area contributed by atoms with Crippen molar-refractivity contribution in [2.24, 2.45) is 5.92 Å². The van der Waals surface area contributed by atoms with Crippen LogP contribution in [0.25, 0.3) is 0 Å². The van der Waals surface area contributed by atoms with Gasteiger partial charge < -0.3 is 9.80 Å². The summed E-state index contributed by atoms with van der Waals surface area (Å²) >= 11 is 0. The topological polar surface area (TPSA) is 58.4 Å². The van der Waals surface area contributed by atoms with E-state index in [-0.39, 0.29) is 30.3 Å². The molecule has 41 heavy (non-hydrogen) atoms. The zero-order chi connectivity index (χ0) is 30.1. The van der Waals surface area contributed by atoms with Gasteiger partial charge in [0.2, 0.25) is 12.3 Å². The maximum absolute atomic E-state index is 13.4. The van der Waals surface area contributed by atoms with Crippen LogP contribution in [0.15, 0.2) is 18.2 Å². The molecular weight excluding hydrogens is 522 g/mol. The number of aromatic nitrogens is 2. The van der Waals surface area contributed by atoms with Gasteiger partial charge in [-0.1, -0.05) is 71.4 Å². The van der Waals surface area contributed by atoms with Gasteiger partial charge in [-0.25, -0.2) is 8.78 Å². The van der Waals surface area contributed by atoms with Gasteiger partial charge in [0, 0.05) is 56.0 Å². The van der Waals surface area contributed by atoms with Gasteiger partial charge in [0.15, 0.2) is 5.78 Å². The molecule has 1 fully saturated rings. The predicted molar refractivity (Wildman–Crippen MR) is 162 cm³/mol. The third-order valence-electron chi connectivity index (χ3n) is 8.88. The van der Waals surface area contributed by atoms with Crippen LogP contribution in [0.1, 0.15) is 111 Å². The summed E-state index contributed by atoms with van der Waals surface area (Å²) in [6, 6.07) is 6.25. The highest BCUT2D eigenvalue weighted by atomic mass is 19.3. The Morgan fingerprint density at radius 3 is 2.37 bits per heavy atom. The lowest BCUT2D eigenvalue weighted by molar-refractivity contribution is -0.132. The van der Waals surface area contributed by atoms with E-state index in [1.54, 1.807) is 4.90 Å². The number of halogens is 2. The number of unbranched alkanes of at least 4 members (excludes halogenated alkanes) is 3. The van der Waals surface area contributed by atoms with Crippen LogP contribution in [0.5, 0.6) is 0 Å². The van der Waals surface area contributed by atoms with Crippen LogP contribution in [0.4, 0.5) is 14.5 Å². The average molecular weight is 573 g/mol. The molecule has 6 nitrogen and oxygen atoms in total. The van der Waals surface area contributed by atoms with Gasteiger partial charge in [0.05, 0.1) is 0 Å². The number of ketones is 1. The van der Waals surface area contributed by atoms with Crippen molar-refractivity contribution in [3.8, 4) is 0 Å². The van der Waals surface area contributed by atoms with E-state index in [0.717, 1.165) is 19.0 Å². The highest BCUT2D eigenvalue weighted by Crippen LogP contribution is 2.39. The van der Waals surface area contributed by atoms with E-state index in [2.05, 4.69) is 56.8 Å². The predicted octanol–water partition coefficient (Wildman–Crippen LogP) is 7.35. The number of alkyl halides is 2. The van der Waals surface area contributed by atoms with Crippen molar-refractivity contribution in [3.63, 3.8) is 0 Å². The number of carbonyl (C=O) groups excluding carboxylic acids is 2. The first-order valence-corrected chi connectivity index (χ1v) is 15.6. The van der Waals surface area contributed by atoms with Crippen molar-refractivity contribution in [3.05, 3.63) is 46.3 Å². The molecule has 0 bridgehead atoms. The molecule has 1 saturated heterocycles. The Kier molecular flexibility index (Phi) is 12.3.